The van der Waals surface area contributed by atoms with Crippen LogP contribution < -0.4 is 0 Å². The Kier molecular flexibility index (Phi) is 4.71. The molecule has 5 heteroatoms. The second-order valence-electron chi connectivity index (χ2n) is 2.84. The molecule has 0 aliphatic rings. The number of halogens is 2. The van der Waals surface area contributed by atoms with Crippen molar-refractivity contribution < 1.29 is 18.3 Å². The number of rotatable bonds is 5. The molecule has 0 aliphatic heterocycles. The van der Waals surface area contributed by atoms with Crippen molar-refractivity contribution in [1.82, 2.24) is 0 Å². The molecule has 15 heavy (non-hydrogen) atoms. The lowest BCUT2D eigenvalue weighted by Gasteiger charge is -2.02. The van der Waals surface area contributed by atoms with Crippen molar-refractivity contribution in [3.63, 3.8) is 0 Å². The van der Waals surface area contributed by atoms with Crippen molar-refractivity contribution in [3.8, 4) is 0 Å². The molecular weight excluding hydrogens is 222 g/mol. The lowest BCUT2D eigenvalue weighted by Crippen LogP contribution is -2.09. The van der Waals surface area contributed by atoms with Gasteiger partial charge in [0.05, 0.1) is 5.75 Å². The van der Waals surface area contributed by atoms with Gasteiger partial charge in [0.15, 0.2) is 5.78 Å². The molecule has 0 saturated carbocycles. The smallest absolute Gasteiger partial charge is 0.168 e. The van der Waals surface area contributed by atoms with Crippen LogP contribution in [0, 0.1) is 11.6 Å². The Bertz CT molecular complexity index is 355. The number of hydrogen-bond donors (Lipinski definition) is 0. The molecule has 0 radical (unpaired) electrons. The predicted molar refractivity (Wildman–Crippen MR) is 54.0 cm³/mol. The summed E-state index contributed by atoms with van der Waals surface area (Å²) in [6, 6.07) is 3.27. The number of thioether (sulfide) groups is 1. The number of carbonyl (C=O) groups is 1. The predicted octanol–water partition coefficient (Wildman–Crippen LogP) is 2.27. The Morgan fingerprint density at radius 2 is 2.20 bits per heavy atom. The van der Waals surface area contributed by atoms with Gasteiger partial charge >= 0.3 is 0 Å². The molecule has 0 bridgehead atoms. The fourth-order valence-corrected chi connectivity index (χ4v) is 1.71. The minimum Gasteiger partial charge on any atom is -0.377 e. The summed E-state index contributed by atoms with van der Waals surface area (Å²) in [5.74, 6) is -1.28. The van der Waals surface area contributed by atoms with E-state index < -0.39 is 11.6 Å². The molecule has 0 aromatic heterocycles. The maximum atomic E-state index is 13.1. The van der Waals surface area contributed by atoms with E-state index >= 15 is 0 Å². The largest absolute Gasteiger partial charge is 0.377 e. The number of carbonyl (C=O) groups excluding carboxylic acids is 1. The van der Waals surface area contributed by atoms with E-state index in [0.29, 0.717) is 0 Å². The zero-order valence-corrected chi connectivity index (χ0v) is 8.94. The first-order chi connectivity index (χ1) is 7.13. The summed E-state index contributed by atoms with van der Waals surface area (Å²) >= 11 is 1.03. The van der Waals surface area contributed by atoms with E-state index in [2.05, 4.69) is 4.74 Å². The minimum atomic E-state index is -0.648. The molecule has 1 aromatic rings. The van der Waals surface area contributed by atoms with E-state index in [1.807, 2.05) is 0 Å². The molecule has 1 rings (SSSR count). The summed E-state index contributed by atoms with van der Waals surface area (Å²) in [7, 11) is 1.42. The molecule has 82 valence electrons. The number of ketones is 1. The molecule has 0 atom stereocenters. The van der Waals surface area contributed by atoms with Crippen LogP contribution in [0.25, 0.3) is 0 Å². The molecule has 2 nitrogen and oxygen atoms in total. The maximum absolute atomic E-state index is 13.1. The molecule has 0 unspecified atom stereocenters. The second-order valence-corrected chi connectivity index (χ2v) is 3.85. The Morgan fingerprint density at radius 3 is 2.80 bits per heavy atom. The van der Waals surface area contributed by atoms with Gasteiger partial charge in [0.25, 0.3) is 0 Å². The van der Waals surface area contributed by atoms with E-state index in [0.717, 1.165) is 23.9 Å². The molecular formula is C10H10F2O2S. The first-order valence-corrected chi connectivity index (χ1v) is 5.20. The topological polar surface area (TPSA) is 26.3 Å². The summed E-state index contributed by atoms with van der Waals surface area (Å²) in [4.78, 5) is 11.3. The van der Waals surface area contributed by atoms with Crippen LogP contribution in [0.15, 0.2) is 23.1 Å². The van der Waals surface area contributed by atoms with Gasteiger partial charge in [-0.15, -0.1) is 11.8 Å². The summed E-state index contributed by atoms with van der Waals surface area (Å²) in [5, 5.41) is 0. The third-order valence-electron chi connectivity index (χ3n) is 1.59. The Morgan fingerprint density at radius 1 is 1.47 bits per heavy atom. The van der Waals surface area contributed by atoms with Gasteiger partial charge in [-0.05, 0) is 12.1 Å². The molecule has 0 saturated heterocycles. The van der Waals surface area contributed by atoms with Gasteiger partial charge in [0, 0.05) is 18.1 Å². The number of hydrogen-bond acceptors (Lipinski definition) is 3. The average Bonchev–Trinajstić information content (AvgIpc) is 2.17. The van der Waals surface area contributed by atoms with Crippen LogP contribution in [0.1, 0.15) is 0 Å². The highest BCUT2D eigenvalue weighted by molar-refractivity contribution is 8.00. The molecule has 0 spiro atoms. The Hall–Kier alpha value is -0.940. The third-order valence-corrected chi connectivity index (χ3v) is 2.70. The van der Waals surface area contributed by atoms with Crippen molar-refractivity contribution in [2.45, 2.75) is 4.90 Å². The molecule has 0 amide bonds. The molecule has 0 heterocycles. The highest BCUT2D eigenvalue weighted by Gasteiger charge is 2.07. The van der Waals surface area contributed by atoms with Gasteiger partial charge in [-0.2, -0.15) is 0 Å². The van der Waals surface area contributed by atoms with E-state index in [4.69, 9.17) is 0 Å². The zero-order valence-electron chi connectivity index (χ0n) is 8.13. The van der Waals surface area contributed by atoms with Crippen LogP contribution in [0.4, 0.5) is 8.78 Å². The highest BCUT2D eigenvalue weighted by Crippen LogP contribution is 2.22. The van der Waals surface area contributed by atoms with Crippen molar-refractivity contribution in [2.75, 3.05) is 19.5 Å². The van der Waals surface area contributed by atoms with Gasteiger partial charge in [-0.3, -0.25) is 4.79 Å². The Labute approximate surface area is 90.6 Å². The fourth-order valence-electron chi connectivity index (χ4n) is 0.953. The van der Waals surface area contributed by atoms with Crippen LogP contribution in [0.5, 0.6) is 0 Å². The molecule has 0 aliphatic carbocycles. The van der Waals surface area contributed by atoms with Gasteiger partial charge in [-0.25, -0.2) is 8.78 Å². The van der Waals surface area contributed by atoms with Crippen LogP contribution in [-0.4, -0.2) is 25.3 Å². The highest BCUT2D eigenvalue weighted by atomic mass is 32.2. The molecule has 0 fully saturated rings. The van der Waals surface area contributed by atoms with Crippen molar-refractivity contribution in [3.05, 3.63) is 29.8 Å². The number of methoxy groups -OCH3 is 1. The molecule has 0 N–H and O–H groups in total. The summed E-state index contributed by atoms with van der Waals surface area (Å²) in [5.41, 5.74) is 0. The maximum Gasteiger partial charge on any atom is 0.168 e. The first-order valence-electron chi connectivity index (χ1n) is 4.22. The number of ether oxygens (including phenoxy) is 1. The lowest BCUT2D eigenvalue weighted by molar-refractivity contribution is -0.120. The van der Waals surface area contributed by atoms with Gasteiger partial charge in [0.1, 0.15) is 18.2 Å². The van der Waals surface area contributed by atoms with Crippen molar-refractivity contribution >= 4 is 17.5 Å². The third kappa shape index (κ3) is 3.97. The fraction of sp³-hybridized carbons (Fsp3) is 0.300. The van der Waals surface area contributed by atoms with Crippen LogP contribution in [-0.2, 0) is 9.53 Å². The number of benzene rings is 1. The van der Waals surface area contributed by atoms with Gasteiger partial charge in [0.2, 0.25) is 0 Å². The Balaban J connectivity index is 2.54. The first kappa shape index (κ1) is 12.1. The van der Waals surface area contributed by atoms with Crippen LogP contribution in [0.3, 0.4) is 0 Å². The summed E-state index contributed by atoms with van der Waals surface area (Å²) in [6.45, 7) is 0.00974. The van der Waals surface area contributed by atoms with E-state index in [-0.39, 0.29) is 23.0 Å². The SMILES string of the molecule is COCC(=O)CSc1ccc(F)cc1F. The summed E-state index contributed by atoms with van der Waals surface area (Å²) < 4.78 is 30.2. The lowest BCUT2D eigenvalue weighted by atomic mass is 10.3. The number of Topliss-reactive ketones (excluding diaryl/α,β-unsaturated/α-hetero) is 1. The second kappa shape index (κ2) is 5.82. The van der Waals surface area contributed by atoms with Crippen LogP contribution in [0.2, 0.25) is 0 Å². The van der Waals surface area contributed by atoms with Crippen LogP contribution >= 0.6 is 11.8 Å². The average molecular weight is 232 g/mol. The van der Waals surface area contributed by atoms with Gasteiger partial charge < -0.3 is 4.74 Å². The normalized spacial score (nSPS) is 10.3. The molecule has 1 aromatic carbocycles. The summed E-state index contributed by atoms with van der Waals surface area (Å²) in [6.07, 6.45) is 0. The van der Waals surface area contributed by atoms with E-state index in [1.165, 1.54) is 13.2 Å². The van der Waals surface area contributed by atoms with Gasteiger partial charge in [-0.1, -0.05) is 0 Å². The quantitative estimate of drug-likeness (QED) is 0.728. The minimum absolute atomic E-state index is 0.00974. The van der Waals surface area contributed by atoms with E-state index in [1.54, 1.807) is 0 Å². The zero-order chi connectivity index (χ0) is 11.3. The van der Waals surface area contributed by atoms with Crippen molar-refractivity contribution in [1.29, 1.82) is 0 Å². The van der Waals surface area contributed by atoms with Crippen molar-refractivity contribution in [2.24, 2.45) is 0 Å². The standard InChI is InChI=1S/C10H10F2O2S/c1-14-5-8(13)6-15-10-3-2-7(11)4-9(10)12/h2-4H,5-6H2,1H3. The monoisotopic (exact) mass is 232 g/mol. The van der Waals surface area contributed by atoms with E-state index in [9.17, 15) is 13.6 Å².